The smallest absolute Gasteiger partial charge is 0.248 e. The molecule has 3 aromatic rings. The summed E-state index contributed by atoms with van der Waals surface area (Å²) in [4.78, 5) is 14.4. The Kier molecular flexibility index (Phi) is 7.18. The Hall–Kier alpha value is -2.80. The van der Waals surface area contributed by atoms with Gasteiger partial charge in [-0.15, -0.1) is 0 Å². The zero-order chi connectivity index (χ0) is 25.3. The molecule has 184 valence electrons. The van der Waals surface area contributed by atoms with Crippen molar-refractivity contribution >= 4 is 20.7 Å². The first-order chi connectivity index (χ1) is 15.7. The van der Waals surface area contributed by atoms with Gasteiger partial charge in [0.1, 0.15) is 11.5 Å². The van der Waals surface area contributed by atoms with Crippen LogP contribution in [0, 0.1) is 0 Å². The van der Waals surface area contributed by atoms with Crippen LogP contribution in [0.15, 0.2) is 52.2 Å². The Morgan fingerprint density at radius 1 is 0.882 bits per heavy atom. The Labute approximate surface area is 201 Å². The number of aromatic nitrogens is 1. The van der Waals surface area contributed by atoms with E-state index in [0.717, 1.165) is 10.9 Å². The molecular formula is C27H35NO5S. The first-order valence-electron chi connectivity index (χ1n) is 11.6. The molecule has 0 aliphatic carbocycles. The fourth-order valence-electron chi connectivity index (χ4n) is 3.86. The van der Waals surface area contributed by atoms with E-state index < -0.39 is 20.7 Å². The van der Waals surface area contributed by atoms with Crippen molar-refractivity contribution in [3.05, 3.63) is 63.9 Å². The highest BCUT2D eigenvalue weighted by Crippen LogP contribution is 2.40. The number of benzene rings is 2. The Balaban J connectivity index is 1.68. The summed E-state index contributed by atoms with van der Waals surface area (Å²) in [5, 5.41) is 11.7. The number of unbranched alkanes of at least 4 members (excludes halogenated alkanes) is 1. The maximum absolute atomic E-state index is 13.2. The number of pyridine rings is 1. The Morgan fingerprint density at radius 3 is 2.09 bits per heavy atom. The fourth-order valence-corrected chi connectivity index (χ4v) is 5.27. The van der Waals surface area contributed by atoms with Crippen LogP contribution in [0.4, 0.5) is 0 Å². The average Bonchev–Trinajstić information content (AvgIpc) is 2.71. The van der Waals surface area contributed by atoms with Crippen LogP contribution in [0.2, 0.25) is 0 Å². The first kappa shape index (κ1) is 25.8. The second-order valence-electron chi connectivity index (χ2n) is 10.8. The number of H-pyrrole nitrogens is 1. The second-order valence-corrected chi connectivity index (χ2v) is 12.9. The topological polar surface area (TPSA) is 96.5 Å². The van der Waals surface area contributed by atoms with Crippen molar-refractivity contribution in [2.45, 2.75) is 70.1 Å². The van der Waals surface area contributed by atoms with Gasteiger partial charge >= 0.3 is 0 Å². The van der Waals surface area contributed by atoms with E-state index in [1.165, 1.54) is 6.07 Å². The highest BCUT2D eigenvalue weighted by Gasteiger charge is 2.29. The van der Waals surface area contributed by atoms with E-state index in [2.05, 4.69) is 4.98 Å². The number of phenolic OH excluding ortho intramolecular Hbond substituents is 1. The molecule has 0 aliphatic heterocycles. The number of fused-ring (bicyclic) bond motifs is 1. The minimum Gasteiger partial charge on any atom is -0.507 e. The first-order valence-corrected chi connectivity index (χ1v) is 13.2. The third kappa shape index (κ3) is 6.00. The largest absolute Gasteiger partial charge is 0.507 e. The standard InChI is InChI=1S/C27H35NO5S/c1-26(2,3)21-16-20(17-22(25(21)30)27(4,5)6)34(31,32)14-8-7-13-33-19-10-11-23-18(15-19)9-12-24(29)28-23/h9-12,15-17,30H,7-8,13-14H2,1-6H3,(H,28,29). The Bertz CT molecular complexity index is 1310. The lowest BCUT2D eigenvalue weighted by Crippen LogP contribution is -2.19. The summed E-state index contributed by atoms with van der Waals surface area (Å²) in [6.45, 7) is 12.2. The van der Waals surface area contributed by atoms with Crippen molar-refractivity contribution in [2.24, 2.45) is 0 Å². The van der Waals surface area contributed by atoms with Crippen LogP contribution in [0.25, 0.3) is 10.9 Å². The number of nitrogens with one attached hydrogen (secondary N) is 1. The number of rotatable bonds is 7. The highest BCUT2D eigenvalue weighted by atomic mass is 32.2. The summed E-state index contributed by atoms with van der Waals surface area (Å²) >= 11 is 0. The minimum absolute atomic E-state index is 0.00720. The number of phenols is 1. The van der Waals surface area contributed by atoms with Crippen molar-refractivity contribution in [3.8, 4) is 11.5 Å². The van der Waals surface area contributed by atoms with E-state index in [9.17, 15) is 18.3 Å². The summed E-state index contributed by atoms with van der Waals surface area (Å²) in [5.74, 6) is 0.852. The van der Waals surface area contributed by atoms with Gasteiger partial charge in [0.15, 0.2) is 9.84 Å². The van der Waals surface area contributed by atoms with E-state index in [1.807, 2.05) is 47.6 Å². The van der Waals surface area contributed by atoms with Gasteiger partial charge in [-0.05, 0) is 60.1 Å². The van der Waals surface area contributed by atoms with Crippen molar-refractivity contribution in [3.63, 3.8) is 0 Å². The molecule has 1 aromatic heterocycles. The van der Waals surface area contributed by atoms with Crippen molar-refractivity contribution in [1.29, 1.82) is 0 Å². The third-order valence-corrected chi connectivity index (χ3v) is 7.61. The van der Waals surface area contributed by atoms with Crippen LogP contribution in [0.3, 0.4) is 0 Å². The molecule has 7 heteroatoms. The second kappa shape index (κ2) is 9.45. The molecular weight excluding hydrogens is 450 g/mol. The van der Waals surface area contributed by atoms with Gasteiger partial charge in [-0.3, -0.25) is 4.79 Å². The molecule has 0 unspecified atom stereocenters. The van der Waals surface area contributed by atoms with Crippen LogP contribution in [0.1, 0.15) is 65.5 Å². The van der Waals surface area contributed by atoms with Gasteiger partial charge in [-0.2, -0.15) is 0 Å². The molecule has 1 heterocycles. The molecule has 6 nitrogen and oxygen atoms in total. The number of hydrogen-bond donors (Lipinski definition) is 2. The number of hydrogen-bond acceptors (Lipinski definition) is 5. The number of ether oxygens (including phenoxy) is 1. The van der Waals surface area contributed by atoms with Crippen LogP contribution < -0.4 is 10.3 Å². The highest BCUT2D eigenvalue weighted by molar-refractivity contribution is 7.91. The van der Waals surface area contributed by atoms with Crippen LogP contribution >= 0.6 is 0 Å². The number of aromatic hydroxyl groups is 1. The molecule has 0 aliphatic rings. The molecule has 0 bridgehead atoms. The van der Waals surface area contributed by atoms with E-state index >= 15 is 0 Å². The predicted octanol–water partition coefficient (Wildman–Crippen LogP) is 5.46. The lowest BCUT2D eigenvalue weighted by atomic mass is 9.79. The van der Waals surface area contributed by atoms with Crippen LogP contribution in [0.5, 0.6) is 11.5 Å². The number of aromatic amines is 1. The zero-order valence-electron chi connectivity index (χ0n) is 20.9. The van der Waals surface area contributed by atoms with E-state index in [-0.39, 0.29) is 22.0 Å². The normalized spacial score (nSPS) is 12.8. The fraction of sp³-hybridized carbons (Fsp3) is 0.444. The molecule has 0 fully saturated rings. The molecule has 3 rings (SSSR count). The van der Waals surface area contributed by atoms with Crippen molar-refractivity contribution in [1.82, 2.24) is 4.98 Å². The third-order valence-electron chi connectivity index (χ3n) is 5.83. The van der Waals surface area contributed by atoms with E-state index in [4.69, 9.17) is 4.74 Å². The van der Waals surface area contributed by atoms with Crippen LogP contribution in [-0.4, -0.2) is 30.9 Å². The van der Waals surface area contributed by atoms with Gasteiger partial charge in [0.25, 0.3) is 0 Å². The van der Waals surface area contributed by atoms with E-state index in [1.54, 1.807) is 30.3 Å². The van der Waals surface area contributed by atoms with Gasteiger partial charge in [-0.25, -0.2) is 8.42 Å². The van der Waals surface area contributed by atoms with Gasteiger partial charge in [0, 0.05) is 28.1 Å². The van der Waals surface area contributed by atoms with E-state index in [0.29, 0.717) is 36.3 Å². The van der Waals surface area contributed by atoms with Crippen molar-refractivity contribution < 1.29 is 18.3 Å². The summed E-state index contributed by atoms with van der Waals surface area (Å²) in [6.07, 6.45) is 1.04. The lowest BCUT2D eigenvalue weighted by Gasteiger charge is -2.28. The molecule has 2 aromatic carbocycles. The molecule has 2 N–H and O–H groups in total. The molecule has 0 saturated carbocycles. The van der Waals surface area contributed by atoms with Gasteiger partial charge < -0.3 is 14.8 Å². The SMILES string of the molecule is CC(C)(C)c1cc(S(=O)(=O)CCCCOc2ccc3[nH]c(=O)ccc3c2)cc(C(C)(C)C)c1O. The predicted molar refractivity (Wildman–Crippen MR) is 137 cm³/mol. The lowest BCUT2D eigenvalue weighted by molar-refractivity contribution is 0.310. The number of sulfone groups is 1. The summed E-state index contributed by atoms with van der Waals surface area (Å²) in [5.41, 5.74) is 1.08. The molecule has 0 spiro atoms. The summed E-state index contributed by atoms with van der Waals surface area (Å²) in [7, 11) is -3.52. The minimum atomic E-state index is -3.52. The van der Waals surface area contributed by atoms with Gasteiger partial charge in [0.05, 0.1) is 17.3 Å². The molecule has 34 heavy (non-hydrogen) atoms. The van der Waals surface area contributed by atoms with Crippen molar-refractivity contribution in [2.75, 3.05) is 12.4 Å². The quantitative estimate of drug-likeness (QED) is 0.433. The van der Waals surface area contributed by atoms with Gasteiger partial charge in [0.2, 0.25) is 5.56 Å². The summed E-state index contributed by atoms with van der Waals surface area (Å²) in [6, 6.07) is 11.9. The average molecular weight is 486 g/mol. The Morgan fingerprint density at radius 2 is 1.50 bits per heavy atom. The molecule has 0 saturated heterocycles. The maximum Gasteiger partial charge on any atom is 0.248 e. The molecule has 0 amide bonds. The zero-order valence-corrected chi connectivity index (χ0v) is 21.7. The molecule has 0 atom stereocenters. The molecule has 0 radical (unpaired) electrons. The summed E-state index contributed by atoms with van der Waals surface area (Å²) < 4.78 is 32.1. The monoisotopic (exact) mass is 485 g/mol. The van der Waals surface area contributed by atoms with Crippen LogP contribution in [-0.2, 0) is 20.7 Å². The maximum atomic E-state index is 13.2. The van der Waals surface area contributed by atoms with Gasteiger partial charge in [-0.1, -0.05) is 41.5 Å².